The molecule has 0 saturated heterocycles. The number of aromatic nitrogens is 1. The average Bonchev–Trinajstić information content (AvgIpc) is 1.82. The molecule has 0 atom stereocenters. The van der Waals surface area contributed by atoms with Gasteiger partial charge in [-0.05, 0) is 28.9 Å². The molecular weight excluding hydrogens is 247 g/mol. The molecule has 0 aromatic carbocycles. The fourth-order valence-electron chi connectivity index (χ4n) is 0.753. The van der Waals surface area contributed by atoms with Crippen LogP contribution < -0.4 is 0 Å². The third-order valence-corrected chi connectivity index (χ3v) is 2.08. The zero-order valence-corrected chi connectivity index (χ0v) is 8.39. The van der Waals surface area contributed by atoms with Crippen molar-refractivity contribution in [3.8, 4) is 0 Å². The van der Waals surface area contributed by atoms with Crippen LogP contribution in [0, 0.1) is 17.0 Å². The van der Waals surface area contributed by atoms with Gasteiger partial charge in [0.25, 0.3) is 0 Å². The predicted molar refractivity (Wildman–Crippen MR) is 48.3 cm³/mol. The zero-order chi connectivity index (χ0) is 9.30. The van der Waals surface area contributed by atoms with E-state index in [4.69, 9.17) is 11.6 Å². The molecule has 0 fully saturated rings. The maximum atomic E-state index is 10.4. The number of nitrogens with zero attached hydrogens (tertiary/aromatic N) is 2. The molecule has 12 heavy (non-hydrogen) atoms. The van der Waals surface area contributed by atoms with Crippen LogP contribution in [0.1, 0.15) is 5.69 Å². The Kier molecular flexibility index (Phi) is 2.64. The summed E-state index contributed by atoms with van der Waals surface area (Å²) < 4.78 is 0.352. The molecule has 0 unspecified atom stereocenters. The lowest BCUT2D eigenvalue weighted by molar-refractivity contribution is -0.385. The van der Waals surface area contributed by atoms with Crippen LogP contribution in [0.5, 0.6) is 0 Å². The highest BCUT2D eigenvalue weighted by Gasteiger charge is 2.18. The Morgan fingerprint density at radius 2 is 2.33 bits per heavy atom. The minimum atomic E-state index is -0.571. The lowest BCUT2D eigenvalue weighted by Crippen LogP contribution is -1.94. The van der Waals surface area contributed by atoms with E-state index in [0.29, 0.717) is 10.2 Å². The fraction of sp³-hybridized carbons (Fsp3) is 0.167. The first-order valence-corrected chi connectivity index (χ1v) is 4.16. The molecule has 0 aliphatic rings. The smallest absolute Gasteiger partial charge is 0.258 e. The molecule has 0 N–H and O–H groups in total. The van der Waals surface area contributed by atoms with Gasteiger partial charge in [0.05, 0.1) is 4.92 Å². The lowest BCUT2D eigenvalue weighted by Gasteiger charge is -1.98. The Hall–Kier alpha value is -0.680. The molecule has 0 radical (unpaired) electrons. The van der Waals surface area contributed by atoms with E-state index in [-0.39, 0.29) is 10.8 Å². The Labute approximate surface area is 81.8 Å². The van der Waals surface area contributed by atoms with E-state index in [2.05, 4.69) is 20.9 Å². The Morgan fingerprint density at radius 1 is 1.75 bits per heavy atom. The molecule has 0 aliphatic carbocycles. The van der Waals surface area contributed by atoms with Crippen molar-refractivity contribution in [2.24, 2.45) is 0 Å². The topological polar surface area (TPSA) is 56.0 Å². The molecule has 0 saturated carbocycles. The second-order valence-electron chi connectivity index (χ2n) is 2.14. The Bertz CT molecular complexity index is 319. The first-order chi connectivity index (χ1) is 5.52. The summed E-state index contributed by atoms with van der Waals surface area (Å²) in [5, 5.41) is 10.3. The molecule has 1 aromatic heterocycles. The summed E-state index contributed by atoms with van der Waals surface area (Å²) >= 11 is 8.58. The minimum Gasteiger partial charge on any atom is -0.258 e. The summed E-state index contributed by atoms with van der Waals surface area (Å²) in [6.45, 7) is 1.71. The molecule has 1 aromatic rings. The normalized spacial score (nSPS) is 9.92. The van der Waals surface area contributed by atoms with Gasteiger partial charge in [-0.25, -0.2) is 4.98 Å². The highest BCUT2D eigenvalue weighted by molar-refractivity contribution is 9.10. The van der Waals surface area contributed by atoms with Crippen molar-refractivity contribution in [3.05, 3.63) is 31.5 Å². The number of aryl methyl sites for hydroxylation is 1. The van der Waals surface area contributed by atoms with Gasteiger partial charge < -0.3 is 0 Å². The minimum absolute atomic E-state index is 0.0909. The average molecular weight is 251 g/mol. The number of rotatable bonds is 1. The maximum absolute atomic E-state index is 10.4. The predicted octanol–water partition coefficient (Wildman–Crippen LogP) is 2.71. The van der Waals surface area contributed by atoms with Crippen molar-refractivity contribution in [1.82, 2.24) is 4.98 Å². The van der Waals surface area contributed by atoms with E-state index < -0.39 is 4.92 Å². The van der Waals surface area contributed by atoms with Gasteiger partial charge in [-0.1, -0.05) is 11.6 Å². The summed E-state index contributed by atoms with van der Waals surface area (Å²) in [5.41, 5.74) is 0.444. The maximum Gasteiger partial charge on any atom is 0.320 e. The van der Waals surface area contributed by atoms with Crippen molar-refractivity contribution in [3.63, 3.8) is 0 Å². The highest BCUT2D eigenvalue weighted by Crippen LogP contribution is 2.31. The van der Waals surface area contributed by atoms with Gasteiger partial charge >= 0.3 is 5.69 Å². The van der Waals surface area contributed by atoms with Crippen LogP contribution in [0.2, 0.25) is 5.15 Å². The van der Waals surface area contributed by atoms with Crippen LogP contribution in [0.3, 0.4) is 0 Å². The number of halogens is 2. The number of pyridine rings is 1. The first kappa shape index (κ1) is 9.41. The third kappa shape index (κ3) is 1.73. The van der Waals surface area contributed by atoms with E-state index in [1.165, 1.54) is 0 Å². The van der Waals surface area contributed by atoms with E-state index in [9.17, 15) is 10.1 Å². The second-order valence-corrected chi connectivity index (χ2v) is 3.35. The summed E-state index contributed by atoms with van der Waals surface area (Å²) in [6.07, 6.45) is 0. The Balaban J connectivity index is 3.38. The molecule has 0 bridgehead atoms. The van der Waals surface area contributed by atoms with Crippen LogP contribution >= 0.6 is 27.5 Å². The second kappa shape index (κ2) is 3.37. The summed E-state index contributed by atoms with van der Waals surface area (Å²) in [5.74, 6) is 0. The van der Waals surface area contributed by atoms with Crippen LogP contribution in [0.15, 0.2) is 10.5 Å². The van der Waals surface area contributed by atoms with Crippen LogP contribution in [-0.2, 0) is 0 Å². The molecule has 4 nitrogen and oxygen atoms in total. The van der Waals surface area contributed by atoms with Crippen molar-refractivity contribution in [2.45, 2.75) is 6.92 Å². The quantitative estimate of drug-likeness (QED) is 0.438. The zero-order valence-electron chi connectivity index (χ0n) is 6.04. The van der Waals surface area contributed by atoms with Crippen LogP contribution in [0.25, 0.3) is 0 Å². The fourth-order valence-corrected chi connectivity index (χ4v) is 1.84. The van der Waals surface area contributed by atoms with Gasteiger partial charge in [-0.2, -0.15) is 0 Å². The van der Waals surface area contributed by atoms with Gasteiger partial charge in [-0.3, -0.25) is 10.1 Å². The van der Waals surface area contributed by atoms with Crippen molar-refractivity contribution in [1.29, 1.82) is 0 Å². The molecule has 1 rings (SSSR count). The largest absolute Gasteiger partial charge is 0.320 e. The van der Waals surface area contributed by atoms with Gasteiger partial charge in [0.1, 0.15) is 4.47 Å². The van der Waals surface area contributed by atoms with Gasteiger partial charge in [0.15, 0.2) is 0 Å². The molecule has 1 heterocycles. The molecule has 64 valence electrons. The summed E-state index contributed by atoms with van der Waals surface area (Å²) in [6, 6.07) is 1.55. The van der Waals surface area contributed by atoms with E-state index in [0.717, 1.165) is 0 Å². The number of hydrogen-bond donors (Lipinski definition) is 0. The number of hydrogen-bond acceptors (Lipinski definition) is 3. The first-order valence-electron chi connectivity index (χ1n) is 2.99. The van der Waals surface area contributed by atoms with Crippen molar-refractivity contribution < 1.29 is 4.92 Å². The van der Waals surface area contributed by atoms with Crippen molar-refractivity contribution >= 4 is 33.2 Å². The summed E-state index contributed by atoms with van der Waals surface area (Å²) in [4.78, 5) is 13.6. The van der Waals surface area contributed by atoms with E-state index in [1.54, 1.807) is 13.0 Å². The SMILES string of the molecule is Cc1cc(Br)c([N+](=O)[O-])c(Cl)n1. The molecule has 6 heteroatoms. The molecule has 0 amide bonds. The highest BCUT2D eigenvalue weighted by atomic mass is 79.9. The van der Waals surface area contributed by atoms with Gasteiger partial charge in [-0.15, -0.1) is 0 Å². The van der Waals surface area contributed by atoms with Crippen LogP contribution in [-0.4, -0.2) is 9.91 Å². The summed E-state index contributed by atoms with van der Waals surface area (Å²) in [7, 11) is 0. The lowest BCUT2D eigenvalue weighted by atomic mass is 10.3. The van der Waals surface area contributed by atoms with Gasteiger partial charge in [0, 0.05) is 5.69 Å². The molecule has 0 spiro atoms. The number of nitro groups is 1. The van der Waals surface area contributed by atoms with Crippen LogP contribution in [0.4, 0.5) is 5.69 Å². The van der Waals surface area contributed by atoms with E-state index in [1.807, 2.05) is 0 Å². The molecular formula is C6H4BrClN2O2. The monoisotopic (exact) mass is 250 g/mol. The third-order valence-electron chi connectivity index (χ3n) is 1.21. The molecule has 0 aliphatic heterocycles. The Morgan fingerprint density at radius 3 is 2.75 bits per heavy atom. The van der Waals surface area contributed by atoms with Crippen molar-refractivity contribution in [2.75, 3.05) is 0 Å². The van der Waals surface area contributed by atoms with Gasteiger partial charge in [0.2, 0.25) is 5.15 Å². The van der Waals surface area contributed by atoms with E-state index >= 15 is 0 Å². The standard InChI is InChI=1S/C6H4BrClN2O2/c1-3-2-4(7)5(10(11)12)6(8)9-3/h2H,1H3.